The number of aromatic nitrogens is 1. The maximum absolute atomic E-state index is 10.1. The van der Waals surface area contributed by atoms with Crippen LogP contribution in [0.4, 0.5) is 0 Å². The summed E-state index contributed by atoms with van der Waals surface area (Å²) < 4.78 is 0.912. The van der Waals surface area contributed by atoms with Gasteiger partial charge < -0.3 is 5.11 Å². The average molecular weight is 319 g/mol. The minimum atomic E-state index is -0.592. The highest BCUT2D eigenvalue weighted by molar-refractivity contribution is 9.10. The smallest absolute Gasteiger partial charge is 0.0853 e. The molecule has 0 radical (unpaired) electrons. The van der Waals surface area contributed by atoms with Gasteiger partial charge in [0, 0.05) is 32.6 Å². The van der Waals surface area contributed by atoms with Crippen molar-refractivity contribution in [3.63, 3.8) is 0 Å². The molecule has 0 aliphatic carbocycles. The van der Waals surface area contributed by atoms with Gasteiger partial charge in [0.05, 0.1) is 11.6 Å². The number of aliphatic hydroxyl groups is 1. The van der Waals surface area contributed by atoms with Gasteiger partial charge in [-0.2, -0.15) is 0 Å². The minimum Gasteiger partial charge on any atom is -0.388 e. The summed E-state index contributed by atoms with van der Waals surface area (Å²) in [6.07, 6.45) is 1.71. The van der Waals surface area contributed by atoms with Crippen LogP contribution in [0.3, 0.4) is 0 Å². The van der Waals surface area contributed by atoms with Gasteiger partial charge in [-0.15, -0.1) is 11.3 Å². The highest BCUT2D eigenvalue weighted by Gasteiger charge is 2.13. The Hall–Kier alpha value is -0.420. The lowest BCUT2D eigenvalue weighted by molar-refractivity contribution is 0.179. The van der Waals surface area contributed by atoms with E-state index in [0.29, 0.717) is 11.4 Å². The SMILES string of the molecule is OC(Cc1cncs1)c1cc(Br)ccc1Cl. The number of halogens is 2. The molecule has 0 amide bonds. The molecule has 1 aromatic heterocycles. The largest absolute Gasteiger partial charge is 0.388 e. The van der Waals surface area contributed by atoms with Gasteiger partial charge in [-0.3, -0.25) is 4.98 Å². The normalized spacial score (nSPS) is 12.7. The molecule has 0 bridgehead atoms. The number of rotatable bonds is 3. The highest BCUT2D eigenvalue weighted by atomic mass is 79.9. The van der Waals surface area contributed by atoms with Crippen molar-refractivity contribution in [3.8, 4) is 0 Å². The Morgan fingerprint density at radius 1 is 1.50 bits per heavy atom. The van der Waals surface area contributed by atoms with Crippen molar-refractivity contribution in [2.75, 3.05) is 0 Å². The lowest BCUT2D eigenvalue weighted by Crippen LogP contribution is -2.01. The fourth-order valence-corrected chi connectivity index (χ4v) is 2.67. The second-order valence-corrected chi connectivity index (χ2v) is 5.65. The molecule has 0 aliphatic heterocycles. The third kappa shape index (κ3) is 2.83. The Labute approximate surface area is 111 Å². The quantitative estimate of drug-likeness (QED) is 0.933. The van der Waals surface area contributed by atoms with Gasteiger partial charge in [-0.05, 0) is 18.2 Å². The second kappa shape index (κ2) is 5.27. The highest BCUT2D eigenvalue weighted by Crippen LogP contribution is 2.29. The summed E-state index contributed by atoms with van der Waals surface area (Å²) in [6, 6.07) is 5.47. The molecule has 2 rings (SSSR count). The van der Waals surface area contributed by atoms with Gasteiger partial charge in [-0.1, -0.05) is 27.5 Å². The first kappa shape index (κ1) is 12.0. The summed E-state index contributed by atoms with van der Waals surface area (Å²) in [4.78, 5) is 5.02. The molecule has 1 N–H and O–H groups in total. The van der Waals surface area contributed by atoms with E-state index in [1.165, 1.54) is 11.3 Å². The predicted octanol–water partition coefficient (Wildman–Crippen LogP) is 3.84. The van der Waals surface area contributed by atoms with Crippen molar-refractivity contribution in [3.05, 3.63) is 49.8 Å². The van der Waals surface area contributed by atoms with Crippen LogP contribution in [0.5, 0.6) is 0 Å². The monoisotopic (exact) mass is 317 g/mol. The molecule has 2 aromatic rings. The van der Waals surface area contributed by atoms with E-state index in [1.54, 1.807) is 17.8 Å². The van der Waals surface area contributed by atoms with Crippen LogP contribution in [0, 0.1) is 0 Å². The molecule has 0 saturated heterocycles. The molecular formula is C11H9BrClNOS. The summed E-state index contributed by atoms with van der Waals surface area (Å²) in [7, 11) is 0. The fourth-order valence-electron chi connectivity index (χ4n) is 1.41. The number of nitrogens with zero attached hydrogens (tertiary/aromatic N) is 1. The van der Waals surface area contributed by atoms with E-state index in [4.69, 9.17) is 11.6 Å². The van der Waals surface area contributed by atoms with Crippen LogP contribution in [0.2, 0.25) is 5.02 Å². The molecule has 2 nitrogen and oxygen atoms in total. The Morgan fingerprint density at radius 2 is 2.31 bits per heavy atom. The lowest BCUT2D eigenvalue weighted by atomic mass is 10.1. The van der Waals surface area contributed by atoms with Gasteiger partial charge in [0.1, 0.15) is 0 Å². The topological polar surface area (TPSA) is 33.1 Å². The molecule has 0 fully saturated rings. The minimum absolute atomic E-state index is 0.543. The van der Waals surface area contributed by atoms with E-state index in [9.17, 15) is 5.11 Å². The van der Waals surface area contributed by atoms with Crippen molar-refractivity contribution in [2.45, 2.75) is 12.5 Å². The van der Waals surface area contributed by atoms with Gasteiger partial charge in [0.25, 0.3) is 0 Å². The molecule has 5 heteroatoms. The molecule has 1 atom stereocenters. The van der Waals surface area contributed by atoms with Gasteiger partial charge in [0.2, 0.25) is 0 Å². The van der Waals surface area contributed by atoms with Crippen molar-refractivity contribution < 1.29 is 5.11 Å². The molecule has 16 heavy (non-hydrogen) atoms. The number of aliphatic hydroxyl groups excluding tert-OH is 1. The van der Waals surface area contributed by atoms with E-state index in [-0.39, 0.29) is 0 Å². The molecule has 0 saturated carbocycles. The predicted molar refractivity (Wildman–Crippen MR) is 69.9 cm³/mol. The average Bonchev–Trinajstić information content (AvgIpc) is 2.74. The van der Waals surface area contributed by atoms with Crippen molar-refractivity contribution in [1.82, 2.24) is 4.98 Å². The standard InChI is InChI=1S/C11H9BrClNOS/c12-7-1-2-10(13)9(3-7)11(15)4-8-5-14-6-16-8/h1-3,5-6,11,15H,4H2. The first-order chi connectivity index (χ1) is 7.66. The van der Waals surface area contributed by atoms with Crippen molar-refractivity contribution in [1.29, 1.82) is 0 Å². The second-order valence-electron chi connectivity index (χ2n) is 3.35. The van der Waals surface area contributed by atoms with E-state index >= 15 is 0 Å². The van der Waals surface area contributed by atoms with Crippen molar-refractivity contribution in [2.24, 2.45) is 0 Å². The van der Waals surface area contributed by atoms with Crippen molar-refractivity contribution >= 4 is 38.9 Å². The third-order valence-electron chi connectivity index (χ3n) is 2.20. The molecule has 0 spiro atoms. The molecule has 84 valence electrons. The van der Waals surface area contributed by atoms with E-state index in [1.807, 2.05) is 12.1 Å². The Kier molecular flexibility index (Phi) is 3.97. The maximum Gasteiger partial charge on any atom is 0.0853 e. The zero-order chi connectivity index (χ0) is 11.5. The van der Waals surface area contributed by atoms with Gasteiger partial charge in [0.15, 0.2) is 0 Å². The summed E-state index contributed by atoms with van der Waals surface area (Å²) >= 11 is 10.9. The zero-order valence-electron chi connectivity index (χ0n) is 8.23. The van der Waals surface area contributed by atoms with E-state index in [2.05, 4.69) is 20.9 Å². The Bertz CT molecular complexity index is 475. The van der Waals surface area contributed by atoms with Crippen LogP contribution in [-0.2, 0) is 6.42 Å². The number of thiazole rings is 1. The van der Waals surface area contributed by atoms with Crippen LogP contribution < -0.4 is 0 Å². The van der Waals surface area contributed by atoms with Crippen LogP contribution in [0.15, 0.2) is 34.4 Å². The summed E-state index contributed by atoms with van der Waals surface area (Å²) in [5.74, 6) is 0. The van der Waals surface area contributed by atoms with Crippen LogP contribution in [0.25, 0.3) is 0 Å². The molecule has 0 aliphatic rings. The molecular weight excluding hydrogens is 310 g/mol. The third-order valence-corrected chi connectivity index (χ3v) is 3.83. The first-order valence-corrected chi connectivity index (χ1v) is 6.72. The first-order valence-electron chi connectivity index (χ1n) is 4.67. The van der Waals surface area contributed by atoms with E-state index < -0.39 is 6.10 Å². The fraction of sp³-hybridized carbons (Fsp3) is 0.182. The molecule has 1 heterocycles. The molecule has 1 aromatic carbocycles. The van der Waals surface area contributed by atoms with Crippen LogP contribution in [0.1, 0.15) is 16.5 Å². The van der Waals surface area contributed by atoms with Crippen LogP contribution in [-0.4, -0.2) is 10.1 Å². The maximum atomic E-state index is 10.1. The number of hydrogen-bond donors (Lipinski definition) is 1. The van der Waals surface area contributed by atoms with E-state index in [0.717, 1.165) is 14.9 Å². The molecule has 1 unspecified atom stereocenters. The summed E-state index contributed by atoms with van der Waals surface area (Å²) in [6.45, 7) is 0. The van der Waals surface area contributed by atoms with Crippen LogP contribution >= 0.6 is 38.9 Å². The Balaban J connectivity index is 2.20. The Morgan fingerprint density at radius 3 is 3.00 bits per heavy atom. The summed E-state index contributed by atoms with van der Waals surface area (Å²) in [5.41, 5.74) is 2.49. The van der Waals surface area contributed by atoms with Gasteiger partial charge in [-0.25, -0.2) is 0 Å². The number of benzene rings is 1. The van der Waals surface area contributed by atoms with Gasteiger partial charge >= 0.3 is 0 Å². The summed E-state index contributed by atoms with van der Waals surface area (Å²) in [5, 5.41) is 10.7. The number of hydrogen-bond acceptors (Lipinski definition) is 3. The zero-order valence-corrected chi connectivity index (χ0v) is 11.4. The lowest BCUT2D eigenvalue weighted by Gasteiger charge is -2.11.